The summed E-state index contributed by atoms with van der Waals surface area (Å²) in [5.74, 6) is 0.127. The number of rotatable bonds is 2. The van der Waals surface area contributed by atoms with E-state index in [-0.39, 0.29) is 16.9 Å². The van der Waals surface area contributed by atoms with Crippen molar-refractivity contribution in [1.29, 1.82) is 0 Å². The summed E-state index contributed by atoms with van der Waals surface area (Å²) >= 11 is 0. The van der Waals surface area contributed by atoms with Gasteiger partial charge >= 0.3 is 6.18 Å². The first-order valence-corrected chi connectivity index (χ1v) is 7.24. The van der Waals surface area contributed by atoms with Gasteiger partial charge in [0.1, 0.15) is 17.1 Å². The third-order valence-corrected chi connectivity index (χ3v) is 3.60. The molecule has 5 heteroatoms. The zero-order valence-corrected chi connectivity index (χ0v) is 13.6. The molecule has 124 valence electrons. The average molecular weight is 323 g/mol. The van der Waals surface area contributed by atoms with Gasteiger partial charge in [-0.05, 0) is 47.7 Å². The number of aryl methyl sites for hydroxylation is 1. The van der Waals surface area contributed by atoms with Crippen LogP contribution in [0.4, 0.5) is 18.9 Å². The van der Waals surface area contributed by atoms with Crippen LogP contribution in [0.15, 0.2) is 36.4 Å². The van der Waals surface area contributed by atoms with E-state index < -0.39 is 11.7 Å². The largest absolute Gasteiger partial charge is 0.457 e. The van der Waals surface area contributed by atoms with Crippen LogP contribution in [0.2, 0.25) is 0 Å². The third-order valence-electron chi connectivity index (χ3n) is 3.60. The maximum Gasteiger partial charge on any atom is 0.420 e. The molecule has 0 unspecified atom stereocenters. The van der Waals surface area contributed by atoms with Gasteiger partial charge in [0.05, 0.1) is 0 Å². The smallest absolute Gasteiger partial charge is 0.420 e. The topological polar surface area (TPSA) is 35.2 Å². The maximum absolute atomic E-state index is 13.2. The van der Waals surface area contributed by atoms with Crippen molar-refractivity contribution in [3.8, 4) is 11.5 Å². The van der Waals surface area contributed by atoms with E-state index in [2.05, 4.69) is 0 Å². The van der Waals surface area contributed by atoms with Crippen LogP contribution >= 0.6 is 0 Å². The predicted molar refractivity (Wildman–Crippen MR) is 85.8 cm³/mol. The molecule has 0 radical (unpaired) electrons. The van der Waals surface area contributed by atoms with Gasteiger partial charge in [0.15, 0.2) is 0 Å². The van der Waals surface area contributed by atoms with E-state index in [9.17, 15) is 13.2 Å². The van der Waals surface area contributed by atoms with Gasteiger partial charge in [-0.15, -0.1) is 0 Å². The van der Waals surface area contributed by atoms with E-state index in [1.807, 2.05) is 26.8 Å². The van der Waals surface area contributed by atoms with Crippen LogP contribution < -0.4 is 10.5 Å². The molecule has 0 saturated carbocycles. The number of hydrogen-bond donors (Lipinski definition) is 1. The first-order chi connectivity index (χ1) is 10.5. The van der Waals surface area contributed by atoms with E-state index in [1.165, 1.54) is 6.07 Å². The van der Waals surface area contributed by atoms with Gasteiger partial charge < -0.3 is 10.5 Å². The highest BCUT2D eigenvalue weighted by molar-refractivity contribution is 5.56. The quantitative estimate of drug-likeness (QED) is 0.721. The summed E-state index contributed by atoms with van der Waals surface area (Å²) in [4.78, 5) is 0. The lowest BCUT2D eigenvalue weighted by Gasteiger charge is -2.20. The molecule has 0 fully saturated rings. The summed E-state index contributed by atoms with van der Waals surface area (Å²) in [6, 6.07) is 9.33. The van der Waals surface area contributed by atoms with E-state index in [0.717, 1.165) is 11.6 Å². The maximum atomic E-state index is 13.2. The Morgan fingerprint density at radius 1 is 1.00 bits per heavy atom. The normalized spacial score (nSPS) is 12.3. The van der Waals surface area contributed by atoms with Crippen LogP contribution in [0.5, 0.6) is 11.5 Å². The second kappa shape index (κ2) is 5.80. The fourth-order valence-electron chi connectivity index (χ4n) is 2.16. The van der Waals surface area contributed by atoms with Crippen LogP contribution in [0.25, 0.3) is 0 Å². The van der Waals surface area contributed by atoms with Gasteiger partial charge in [-0.3, -0.25) is 0 Å². The van der Waals surface area contributed by atoms with Crippen molar-refractivity contribution in [3.05, 3.63) is 53.1 Å². The van der Waals surface area contributed by atoms with Crippen LogP contribution in [0.3, 0.4) is 0 Å². The van der Waals surface area contributed by atoms with Crippen molar-refractivity contribution in [1.82, 2.24) is 0 Å². The fourth-order valence-corrected chi connectivity index (χ4v) is 2.16. The highest BCUT2D eigenvalue weighted by Gasteiger charge is 2.35. The van der Waals surface area contributed by atoms with Crippen molar-refractivity contribution >= 4 is 5.69 Å². The molecule has 0 saturated heterocycles. The molecule has 2 nitrogen and oxygen atoms in total. The monoisotopic (exact) mass is 323 g/mol. The zero-order valence-electron chi connectivity index (χ0n) is 13.6. The number of nitrogens with two attached hydrogens (primary N) is 1. The summed E-state index contributed by atoms with van der Waals surface area (Å²) in [5.41, 5.74) is 6.22. The lowest BCUT2D eigenvalue weighted by molar-refractivity contribution is -0.138. The Morgan fingerprint density at radius 3 is 2.22 bits per heavy atom. The number of anilines is 1. The number of halogens is 3. The molecule has 0 bridgehead atoms. The first-order valence-electron chi connectivity index (χ1n) is 7.24. The highest BCUT2D eigenvalue weighted by atomic mass is 19.4. The Kier molecular flexibility index (Phi) is 4.33. The molecule has 2 rings (SSSR count). The van der Waals surface area contributed by atoms with Crippen LogP contribution in [-0.2, 0) is 11.6 Å². The second-order valence-electron chi connectivity index (χ2n) is 6.58. The minimum absolute atomic E-state index is 0.0908. The van der Waals surface area contributed by atoms with Crippen molar-refractivity contribution in [2.24, 2.45) is 0 Å². The van der Waals surface area contributed by atoms with E-state index in [0.29, 0.717) is 11.3 Å². The molecule has 23 heavy (non-hydrogen) atoms. The fraction of sp³-hybridized carbons (Fsp3) is 0.333. The minimum atomic E-state index is -4.53. The van der Waals surface area contributed by atoms with E-state index in [1.54, 1.807) is 25.1 Å². The van der Waals surface area contributed by atoms with Crippen molar-refractivity contribution < 1.29 is 17.9 Å². The van der Waals surface area contributed by atoms with Crippen LogP contribution in [0, 0.1) is 6.92 Å². The first kappa shape index (κ1) is 17.2. The van der Waals surface area contributed by atoms with Crippen molar-refractivity contribution in [2.75, 3.05) is 5.73 Å². The number of benzene rings is 2. The summed E-state index contributed by atoms with van der Waals surface area (Å²) in [7, 11) is 0. The summed E-state index contributed by atoms with van der Waals surface area (Å²) in [6.07, 6.45) is -4.53. The molecule has 0 aromatic heterocycles. The zero-order chi connectivity index (χ0) is 17.4. The molecule has 0 aliphatic heterocycles. The van der Waals surface area contributed by atoms with Gasteiger partial charge in [-0.2, -0.15) is 13.2 Å². The molecule has 2 aromatic rings. The van der Waals surface area contributed by atoms with Gasteiger partial charge in [-0.1, -0.05) is 32.9 Å². The summed E-state index contributed by atoms with van der Waals surface area (Å²) < 4.78 is 45.1. The van der Waals surface area contributed by atoms with E-state index >= 15 is 0 Å². The Morgan fingerprint density at radius 2 is 1.65 bits per heavy atom. The van der Waals surface area contributed by atoms with Crippen LogP contribution in [-0.4, -0.2) is 0 Å². The SMILES string of the molecule is Cc1cc(Oc2cccc(C(C)(C)C)c2)c(C(F)(F)F)cc1N. The number of ether oxygens (including phenoxy) is 1. The number of alkyl halides is 3. The molecule has 0 heterocycles. The molecular weight excluding hydrogens is 303 g/mol. The van der Waals surface area contributed by atoms with Gasteiger partial charge in [0, 0.05) is 5.69 Å². The second-order valence-corrected chi connectivity index (χ2v) is 6.58. The highest BCUT2D eigenvalue weighted by Crippen LogP contribution is 2.40. The Hall–Kier alpha value is -2.17. The average Bonchev–Trinajstić information content (AvgIpc) is 2.41. The van der Waals surface area contributed by atoms with Crippen molar-refractivity contribution in [2.45, 2.75) is 39.3 Å². The number of nitrogen functional groups attached to an aromatic ring is 1. The summed E-state index contributed by atoms with van der Waals surface area (Å²) in [5, 5.41) is 0. The van der Waals surface area contributed by atoms with Crippen molar-refractivity contribution in [3.63, 3.8) is 0 Å². The Balaban J connectivity index is 2.46. The molecule has 0 aliphatic rings. The summed E-state index contributed by atoms with van der Waals surface area (Å²) in [6.45, 7) is 7.73. The van der Waals surface area contributed by atoms with Gasteiger partial charge in [0.25, 0.3) is 0 Å². The molecule has 2 aromatic carbocycles. The Labute approximate surface area is 134 Å². The molecule has 0 amide bonds. The third kappa shape index (κ3) is 3.97. The molecule has 0 spiro atoms. The Bertz CT molecular complexity index is 715. The molecule has 0 atom stereocenters. The van der Waals surface area contributed by atoms with E-state index in [4.69, 9.17) is 10.5 Å². The standard InChI is InChI=1S/C18H20F3NO/c1-11-8-16(14(10-15(11)22)18(19,20)21)23-13-7-5-6-12(9-13)17(2,3)4/h5-10H,22H2,1-4H3. The molecular formula is C18H20F3NO. The minimum Gasteiger partial charge on any atom is -0.457 e. The van der Waals surface area contributed by atoms with Crippen LogP contribution in [0.1, 0.15) is 37.5 Å². The van der Waals surface area contributed by atoms with Gasteiger partial charge in [-0.25, -0.2) is 0 Å². The molecule has 2 N–H and O–H groups in total. The lowest BCUT2D eigenvalue weighted by atomic mass is 9.87. The lowest BCUT2D eigenvalue weighted by Crippen LogP contribution is -2.11. The molecule has 0 aliphatic carbocycles. The van der Waals surface area contributed by atoms with Gasteiger partial charge in [0.2, 0.25) is 0 Å². The number of hydrogen-bond acceptors (Lipinski definition) is 2. The predicted octanol–water partition coefficient (Wildman–Crippen LogP) is 5.69.